The molecule has 1 aromatic carbocycles. The van der Waals surface area contributed by atoms with Gasteiger partial charge >= 0.3 is 0 Å². The summed E-state index contributed by atoms with van der Waals surface area (Å²) in [7, 11) is 3.64. The van der Waals surface area contributed by atoms with E-state index in [1.54, 1.807) is 13.3 Å². The summed E-state index contributed by atoms with van der Waals surface area (Å²) >= 11 is 0. The summed E-state index contributed by atoms with van der Waals surface area (Å²) in [5.41, 5.74) is 3.65. The standard InChI is InChI=1S/C25H32N4O2/c1-25(2,3)17-9-10-21(31-5)20(15-17)27-23-18-11-14-28(4)22(18)19(16-26-23)24(30)29-12-7-6-8-13-29/h9-11,14-16H,6-8,12-13H2,1-5H3,(H,26,27). The normalized spacial score (nSPS) is 14.7. The fraction of sp³-hybridized carbons (Fsp3) is 0.440. The summed E-state index contributed by atoms with van der Waals surface area (Å²) in [5, 5.41) is 4.39. The number of ether oxygens (including phenoxy) is 1. The van der Waals surface area contributed by atoms with Gasteiger partial charge in [0.1, 0.15) is 11.6 Å². The number of hydrogen-bond acceptors (Lipinski definition) is 4. The van der Waals surface area contributed by atoms with E-state index in [-0.39, 0.29) is 11.3 Å². The second-order valence-electron chi connectivity index (χ2n) is 9.35. The van der Waals surface area contributed by atoms with Gasteiger partial charge in [-0.3, -0.25) is 4.79 Å². The lowest BCUT2D eigenvalue weighted by Gasteiger charge is -2.27. The van der Waals surface area contributed by atoms with E-state index in [1.165, 1.54) is 12.0 Å². The molecule has 3 heterocycles. The SMILES string of the molecule is COc1ccc(C(C)(C)C)cc1Nc1ncc(C(=O)N2CCCCC2)c2c1ccn2C. The molecule has 0 radical (unpaired) electrons. The molecule has 0 unspecified atom stereocenters. The van der Waals surface area contributed by atoms with Gasteiger partial charge in [0, 0.05) is 37.9 Å². The molecule has 164 valence electrons. The Morgan fingerprint density at radius 3 is 2.55 bits per heavy atom. The van der Waals surface area contributed by atoms with Crippen LogP contribution in [0.1, 0.15) is 56.0 Å². The Kier molecular flexibility index (Phi) is 5.65. The van der Waals surface area contributed by atoms with Crippen molar-refractivity contribution in [2.45, 2.75) is 45.4 Å². The fourth-order valence-corrected chi connectivity index (χ4v) is 4.24. The summed E-state index contributed by atoms with van der Waals surface area (Å²) in [6.45, 7) is 8.21. The smallest absolute Gasteiger partial charge is 0.257 e. The molecule has 0 saturated carbocycles. The van der Waals surface area contributed by atoms with Crippen LogP contribution in [-0.2, 0) is 12.5 Å². The second kappa shape index (κ2) is 8.25. The van der Waals surface area contributed by atoms with E-state index in [0.717, 1.165) is 54.1 Å². The monoisotopic (exact) mass is 420 g/mol. The van der Waals surface area contributed by atoms with Crippen molar-refractivity contribution in [1.29, 1.82) is 0 Å². The first kappa shape index (κ1) is 21.2. The summed E-state index contributed by atoms with van der Waals surface area (Å²) in [4.78, 5) is 19.8. The van der Waals surface area contributed by atoms with Crippen molar-refractivity contribution in [3.05, 3.63) is 47.8 Å². The molecule has 1 N–H and O–H groups in total. The Hall–Kier alpha value is -3.02. The molecule has 0 spiro atoms. The molecule has 0 bridgehead atoms. The lowest BCUT2D eigenvalue weighted by atomic mass is 9.87. The van der Waals surface area contributed by atoms with Gasteiger partial charge in [-0.25, -0.2) is 4.98 Å². The molecule has 3 aromatic rings. The molecule has 1 saturated heterocycles. The third-order valence-corrected chi connectivity index (χ3v) is 6.10. The van der Waals surface area contributed by atoms with Crippen LogP contribution in [0.2, 0.25) is 0 Å². The predicted octanol–water partition coefficient (Wildman–Crippen LogP) is 5.25. The van der Waals surface area contributed by atoms with E-state index in [2.05, 4.69) is 43.2 Å². The molecule has 6 heteroatoms. The van der Waals surface area contributed by atoms with Crippen LogP contribution in [0.25, 0.3) is 10.9 Å². The van der Waals surface area contributed by atoms with Crippen LogP contribution in [0, 0.1) is 0 Å². The molecule has 1 aliphatic heterocycles. The minimum Gasteiger partial charge on any atom is -0.495 e. The highest BCUT2D eigenvalue weighted by Gasteiger charge is 2.23. The van der Waals surface area contributed by atoms with E-state index in [9.17, 15) is 4.79 Å². The zero-order valence-electron chi connectivity index (χ0n) is 19.2. The Morgan fingerprint density at radius 1 is 1.13 bits per heavy atom. The van der Waals surface area contributed by atoms with E-state index in [4.69, 9.17) is 4.74 Å². The van der Waals surface area contributed by atoms with Crippen LogP contribution < -0.4 is 10.1 Å². The number of pyridine rings is 1. The van der Waals surface area contributed by atoms with Crippen LogP contribution in [0.4, 0.5) is 11.5 Å². The van der Waals surface area contributed by atoms with Gasteiger partial charge in [0.05, 0.1) is 23.9 Å². The largest absolute Gasteiger partial charge is 0.495 e. The van der Waals surface area contributed by atoms with E-state index >= 15 is 0 Å². The lowest BCUT2D eigenvalue weighted by molar-refractivity contribution is 0.0725. The second-order valence-corrected chi connectivity index (χ2v) is 9.35. The van der Waals surface area contributed by atoms with Crippen molar-refractivity contribution in [2.75, 3.05) is 25.5 Å². The Morgan fingerprint density at radius 2 is 1.87 bits per heavy atom. The molecule has 4 rings (SSSR count). The number of carbonyl (C=O) groups is 1. The van der Waals surface area contributed by atoms with Crippen LogP contribution in [0.15, 0.2) is 36.7 Å². The maximum atomic E-state index is 13.2. The number of aryl methyl sites for hydroxylation is 1. The highest BCUT2D eigenvalue weighted by molar-refractivity contribution is 6.08. The number of fused-ring (bicyclic) bond motifs is 1. The van der Waals surface area contributed by atoms with Crippen molar-refractivity contribution < 1.29 is 9.53 Å². The molecule has 1 fully saturated rings. The van der Waals surface area contributed by atoms with Crippen LogP contribution in [-0.4, -0.2) is 40.6 Å². The van der Waals surface area contributed by atoms with Crippen LogP contribution in [0.5, 0.6) is 5.75 Å². The van der Waals surface area contributed by atoms with Gasteiger partial charge in [0.25, 0.3) is 5.91 Å². The Labute approximate surface area is 184 Å². The van der Waals surface area contributed by atoms with Crippen LogP contribution >= 0.6 is 0 Å². The fourth-order valence-electron chi connectivity index (χ4n) is 4.24. The van der Waals surface area contributed by atoms with Crippen molar-refractivity contribution in [3.63, 3.8) is 0 Å². The molecule has 0 aliphatic carbocycles. The molecule has 31 heavy (non-hydrogen) atoms. The number of methoxy groups -OCH3 is 1. The number of nitrogens with one attached hydrogen (secondary N) is 1. The van der Waals surface area contributed by atoms with Crippen molar-refractivity contribution in [1.82, 2.24) is 14.5 Å². The van der Waals surface area contributed by atoms with E-state index in [1.807, 2.05) is 34.8 Å². The van der Waals surface area contributed by atoms with Gasteiger partial charge in [-0.15, -0.1) is 0 Å². The number of rotatable bonds is 4. The minimum atomic E-state index is 0.0168. The van der Waals surface area contributed by atoms with Crippen molar-refractivity contribution in [2.24, 2.45) is 7.05 Å². The molecule has 6 nitrogen and oxygen atoms in total. The number of amides is 1. The number of hydrogen-bond donors (Lipinski definition) is 1. The highest BCUT2D eigenvalue weighted by atomic mass is 16.5. The average molecular weight is 421 g/mol. The predicted molar refractivity (Wildman–Crippen MR) is 125 cm³/mol. The maximum Gasteiger partial charge on any atom is 0.257 e. The average Bonchev–Trinajstić information content (AvgIpc) is 3.15. The van der Waals surface area contributed by atoms with E-state index < -0.39 is 0 Å². The van der Waals surface area contributed by atoms with Crippen LogP contribution in [0.3, 0.4) is 0 Å². The number of anilines is 2. The zero-order valence-corrected chi connectivity index (χ0v) is 19.2. The first-order valence-corrected chi connectivity index (χ1v) is 11.0. The van der Waals surface area contributed by atoms with Gasteiger partial charge in [-0.05, 0) is 48.4 Å². The number of carbonyl (C=O) groups excluding carboxylic acids is 1. The number of benzene rings is 1. The van der Waals surface area contributed by atoms with Crippen molar-refractivity contribution >= 4 is 28.3 Å². The highest BCUT2D eigenvalue weighted by Crippen LogP contribution is 2.35. The summed E-state index contributed by atoms with van der Waals surface area (Å²) in [5.74, 6) is 1.54. The lowest BCUT2D eigenvalue weighted by Crippen LogP contribution is -2.35. The van der Waals surface area contributed by atoms with Crippen molar-refractivity contribution in [3.8, 4) is 5.75 Å². The Bertz CT molecular complexity index is 1100. The first-order valence-electron chi connectivity index (χ1n) is 11.0. The van der Waals surface area contributed by atoms with Gasteiger partial charge in [-0.1, -0.05) is 26.8 Å². The zero-order chi connectivity index (χ0) is 22.2. The van der Waals surface area contributed by atoms with Gasteiger partial charge in [0.2, 0.25) is 0 Å². The topological polar surface area (TPSA) is 59.4 Å². The number of nitrogens with zero attached hydrogens (tertiary/aromatic N) is 3. The van der Waals surface area contributed by atoms with Gasteiger partial charge < -0.3 is 19.5 Å². The molecule has 0 atom stereocenters. The van der Waals surface area contributed by atoms with E-state index in [0.29, 0.717) is 5.56 Å². The Balaban J connectivity index is 1.75. The summed E-state index contributed by atoms with van der Waals surface area (Å²) < 4.78 is 7.59. The first-order chi connectivity index (χ1) is 14.8. The summed E-state index contributed by atoms with van der Waals surface area (Å²) in [6, 6.07) is 8.20. The molecule has 2 aromatic heterocycles. The number of piperidine rings is 1. The maximum absolute atomic E-state index is 13.2. The number of likely N-dealkylation sites (tertiary alicyclic amines) is 1. The molecular formula is C25H32N4O2. The van der Waals surface area contributed by atoms with Gasteiger partial charge in [0.15, 0.2) is 0 Å². The molecule has 1 amide bonds. The quantitative estimate of drug-likeness (QED) is 0.626. The molecular weight excluding hydrogens is 388 g/mol. The molecule has 1 aliphatic rings. The minimum absolute atomic E-state index is 0.0168. The summed E-state index contributed by atoms with van der Waals surface area (Å²) in [6.07, 6.45) is 7.02. The third kappa shape index (κ3) is 4.11. The number of aromatic nitrogens is 2. The van der Waals surface area contributed by atoms with Gasteiger partial charge in [-0.2, -0.15) is 0 Å². The third-order valence-electron chi connectivity index (χ3n) is 6.10.